The summed E-state index contributed by atoms with van der Waals surface area (Å²) in [6, 6.07) is 0. The zero-order chi connectivity index (χ0) is 7.98. The van der Waals surface area contributed by atoms with Gasteiger partial charge in [0, 0.05) is 6.10 Å². The van der Waals surface area contributed by atoms with E-state index in [-0.39, 0.29) is 0 Å². The summed E-state index contributed by atoms with van der Waals surface area (Å²) < 4.78 is 5.45. The van der Waals surface area contributed by atoms with E-state index in [1.54, 1.807) is 0 Å². The van der Waals surface area contributed by atoms with Crippen LogP contribution in [-0.2, 0) is 4.43 Å². The number of hydrogen-bond acceptors (Lipinski definition) is 1. The molecule has 2 unspecified atom stereocenters. The quantitative estimate of drug-likeness (QED) is 0.554. The Morgan fingerprint density at radius 3 is 2.30 bits per heavy atom. The molecular formula is C8H20OSi. The lowest BCUT2D eigenvalue weighted by Crippen LogP contribution is -2.19. The number of rotatable bonds is 5. The minimum atomic E-state index is 0.534. The summed E-state index contributed by atoms with van der Waals surface area (Å²) in [7, 11) is 0.887. The van der Waals surface area contributed by atoms with Crippen LogP contribution in [0.4, 0.5) is 0 Å². The van der Waals surface area contributed by atoms with Crippen molar-refractivity contribution in [2.45, 2.75) is 46.1 Å². The van der Waals surface area contributed by atoms with Gasteiger partial charge in [-0.15, -0.1) is 0 Å². The predicted octanol–water partition coefficient (Wildman–Crippen LogP) is 1.50. The van der Waals surface area contributed by atoms with Crippen LogP contribution in [-0.4, -0.2) is 16.6 Å². The van der Waals surface area contributed by atoms with Gasteiger partial charge in [0.15, 0.2) is 0 Å². The Morgan fingerprint density at radius 2 is 2.00 bits per heavy atom. The molecule has 2 heteroatoms. The highest BCUT2D eigenvalue weighted by molar-refractivity contribution is 5.98. The average Bonchev–Trinajstić information content (AvgIpc) is 1.91. The van der Waals surface area contributed by atoms with Crippen LogP contribution in [0.2, 0.25) is 0 Å². The van der Waals surface area contributed by atoms with Gasteiger partial charge < -0.3 is 4.43 Å². The Hall–Kier alpha value is 0.177. The summed E-state index contributed by atoms with van der Waals surface area (Å²) in [5, 5.41) is 0. The summed E-state index contributed by atoms with van der Waals surface area (Å²) in [6.07, 6.45) is 4.29. The predicted molar refractivity (Wildman–Crippen MR) is 49.2 cm³/mol. The van der Waals surface area contributed by atoms with Crippen molar-refractivity contribution in [3.05, 3.63) is 0 Å². The van der Waals surface area contributed by atoms with Crippen LogP contribution in [0.5, 0.6) is 0 Å². The summed E-state index contributed by atoms with van der Waals surface area (Å²) in [5.41, 5.74) is 0. The van der Waals surface area contributed by atoms with E-state index < -0.39 is 0 Å². The fraction of sp³-hybridized carbons (Fsp3) is 1.00. The molecule has 0 saturated heterocycles. The monoisotopic (exact) mass is 160 g/mol. The molecule has 0 heterocycles. The van der Waals surface area contributed by atoms with Gasteiger partial charge in [-0.05, 0) is 18.8 Å². The molecule has 0 spiro atoms. The molecule has 0 aromatic rings. The molecule has 0 aromatic heterocycles. The molecule has 0 amide bonds. The van der Waals surface area contributed by atoms with Crippen LogP contribution in [0.15, 0.2) is 0 Å². The summed E-state index contributed by atoms with van der Waals surface area (Å²) in [5.74, 6) is 0.757. The fourth-order valence-corrected chi connectivity index (χ4v) is 2.24. The lowest BCUT2D eigenvalue weighted by atomic mass is 9.98. The first-order valence-corrected chi connectivity index (χ1v) is 5.10. The fourth-order valence-electron chi connectivity index (χ4n) is 1.44. The van der Waals surface area contributed by atoms with Gasteiger partial charge in [0.25, 0.3) is 0 Å². The van der Waals surface area contributed by atoms with Crippen molar-refractivity contribution in [3.8, 4) is 0 Å². The first kappa shape index (κ1) is 10.2. The van der Waals surface area contributed by atoms with Crippen molar-refractivity contribution < 1.29 is 4.43 Å². The van der Waals surface area contributed by atoms with E-state index in [4.69, 9.17) is 4.43 Å². The van der Waals surface area contributed by atoms with Crippen LogP contribution < -0.4 is 0 Å². The van der Waals surface area contributed by atoms with E-state index in [2.05, 4.69) is 20.8 Å². The molecule has 2 atom stereocenters. The van der Waals surface area contributed by atoms with Gasteiger partial charge in [-0.25, -0.2) is 0 Å². The van der Waals surface area contributed by atoms with E-state index in [0.29, 0.717) is 6.10 Å². The Labute approximate surface area is 67.7 Å². The first-order chi connectivity index (χ1) is 4.76. The van der Waals surface area contributed by atoms with Gasteiger partial charge in [0.05, 0.1) is 0 Å². The van der Waals surface area contributed by atoms with Crippen LogP contribution >= 0.6 is 0 Å². The van der Waals surface area contributed by atoms with Crippen molar-refractivity contribution in [2.75, 3.05) is 0 Å². The zero-order valence-electron chi connectivity index (χ0n) is 7.68. The highest BCUT2D eigenvalue weighted by Gasteiger charge is 2.11. The van der Waals surface area contributed by atoms with Gasteiger partial charge in [0.2, 0.25) is 0 Å². The van der Waals surface area contributed by atoms with Crippen molar-refractivity contribution in [2.24, 2.45) is 5.92 Å². The van der Waals surface area contributed by atoms with Gasteiger partial charge in [-0.1, -0.05) is 27.2 Å². The van der Waals surface area contributed by atoms with Gasteiger partial charge in [-0.2, -0.15) is 0 Å². The molecule has 1 nitrogen and oxygen atoms in total. The SMILES string of the molecule is CCCC(C)C(CC)O[SiH3]. The second kappa shape index (κ2) is 5.92. The van der Waals surface area contributed by atoms with Gasteiger partial charge in [0.1, 0.15) is 10.5 Å². The smallest absolute Gasteiger partial charge is 0.146 e. The van der Waals surface area contributed by atoms with Crippen molar-refractivity contribution in [3.63, 3.8) is 0 Å². The van der Waals surface area contributed by atoms with Crippen molar-refractivity contribution in [1.82, 2.24) is 0 Å². The van der Waals surface area contributed by atoms with Gasteiger partial charge >= 0.3 is 0 Å². The minimum Gasteiger partial charge on any atom is -0.425 e. The topological polar surface area (TPSA) is 9.23 Å². The molecule has 0 aliphatic carbocycles. The highest BCUT2D eigenvalue weighted by Crippen LogP contribution is 2.15. The van der Waals surface area contributed by atoms with Gasteiger partial charge in [-0.3, -0.25) is 0 Å². The molecule has 0 aromatic carbocycles. The van der Waals surface area contributed by atoms with Crippen LogP contribution in [0, 0.1) is 5.92 Å². The molecule has 0 bridgehead atoms. The van der Waals surface area contributed by atoms with E-state index in [1.165, 1.54) is 19.3 Å². The maximum absolute atomic E-state index is 5.45. The molecule has 0 aliphatic heterocycles. The highest BCUT2D eigenvalue weighted by atomic mass is 28.2. The second-order valence-electron chi connectivity index (χ2n) is 2.95. The molecule has 10 heavy (non-hydrogen) atoms. The van der Waals surface area contributed by atoms with Crippen LogP contribution in [0.3, 0.4) is 0 Å². The lowest BCUT2D eigenvalue weighted by Gasteiger charge is -2.20. The average molecular weight is 160 g/mol. The Kier molecular flexibility index (Phi) is 6.03. The maximum atomic E-state index is 5.45. The number of hydrogen-bond donors (Lipinski definition) is 0. The van der Waals surface area contributed by atoms with E-state index in [1.807, 2.05) is 0 Å². The molecule has 0 fully saturated rings. The molecule has 0 rings (SSSR count). The molecule has 0 aliphatic rings. The Morgan fingerprint density at radius 1 is 1.40 bits per heavy atom. The second-order valence-corrected chi connectivity index (χ2v) is 3.42. The summed E-state index contributed by atoms with van der Waals surface area (Å²) in [6.45, 7) is 6.72. The maximum Gasteiger partial charge on any atom is 0.146 e. The molecule has 0 saturated carbocycles. The Balaban J connectivity index is 3.53. The summed E-state index contributed by atoms with van der Waals surface area (Å²) in [4.78, 5) is 0. The molecule has 0 radical (unpaired) electrons. The molecule has 0 N–H and O–H groups in total. The third-order valence-electron chi connectivity index (χ3n) is 2.08. The lowest BCUT2D eigenvalue weighted by molar-refractivity contribution is 0.146. The van der Waals surface area contributed by atoms with Crippen molar-refractivity contribution in [1.29, 1.82) is 0 Å². The standard InChI is InChI=1S/C8H20OSi/c1-4-6-7(3)8(5-2)9-10/h7-8H,4-6H2,1-3,10H3. The largest absolute Gasteiger partial charge is 0.425 e. The van der Waals surface area contributed by atoms with E-state index in [0.717, 1.165) is 16.4 Å². The third-order valence-corrected chi connectivity index (χ3v) is 2.69. The molecule has 62 valence electrons. The zero-order valence-corrected chi connectivity index (χ0v) is 9.68. The van der Waals surface area contributed by atoms with Crippen LogP contribution in [0.25, 0.3) is 0 Å². The van der Waals surface area contributed by atoms with Crippen LogP contribution in [0.1, 0.15) is 40.0 Å². The van der Waals surface area contributed by atoms with Crippen molar-refractivity contribution >= 4 is 10.5 Å². The van der Waals surface area contributed by atoms with E-state index in [9.17, 15) is 0 Å². The normalized spacial score (nSPS) is 17.1. The Bertz CT molecular complexity index is 71.7. The third kappa shape index (κ3) is 3.37. The first-order valence-electron chi connectivity index (χ1n) is 4.29. The van der Waals surface area contributed by atoms with E-state index >= 15 is 0 Å². The summed E-state index contributed by atoms with van der Waals surface area (Å²) >= 11 is 0. The minimum absolute atomic E-state index is 0.534. The molecular weight excluding hydrogens is 140 g/mol.